The van der Waals surface area contributed by atoms with E-state index in [4.69, 9.17) is 11.6 Å². The molecule has 0 spiro atoms. The maximum Gasteiger partial charge on any atom is 0.234 e. The van der Waals surface area contributed by atoms with Gasteiger partial charge in [-0.15, -0.1) is 5.10 Å². The van der Waals surface area contributed by atoms with E-state index in [1.165, 1.54) is 22.8 Å². The molecule has 2 aromatic carbocycles. The molecule has 0 unspecified atom stereocenters. The van der Waals surface area contributed by atoms with Crippen molar-refractivity contribution in [3.05, 3.63) is 72.3 Å². The lowest BCUT2D eigenvalue weighted by molar-refractivity contribution is -0.113. The van der Waals surface area contributed by atoms with Crippen molar-refractivity contribution < 1.29 is 4.79 Å². The van der Waals surface area contributed by atoms with E-state index in [1.807, 2.05) is 47.2 Å². The molecule has 0 fully saturated rings. The number of benzene rings is 2. The number of tetrazole rings is 1. The largest absolute Gasteiger partial charge is 0.325 e. The second-order valence-electron chi connectivity index (χ2n) is 5.70. The lowest BCUT2D eigenvalue weighted by atomic mass is 10.3. The molecule has 0 bridgehead atoms. The van der Waals surface area contributed by atoms with Crippen LogP contribution in [0.3, 0.4) is 0 Å². The van der Waals surface area contributed by atoms with Crippen molar-refractivity contribution >= 4 is 35.0 Å². The third kappa shape index (κ3) is 4.21. The van der Waals surface area contributed by atoms with Crippen molar-refractivity contribution in [3.63, 3.8) is 0 Å². The topological polar surface area (TPSA) is 90.5 Å². The van der Waals surface area contributed by atoms with Gasteiger partial charge in [-0.1, -0.05) is 29.4 Å². The van der Waals surface area contributed by atoms with E-state index in [1.54, 1.807) is 18.3 Å². The van der Waals surface area contributed by atoms with Crippen LogP contribution in [-0.4, -0.2) is 41.4 Å². The Hall–Kier alpha value is -3.17. The first kappa shape index (κ1) is 18.2. The minimum Gasteiger partial charge on any atom is -0.325 e. The quantitative estimate of drug-likeness (QED) is 0.490. The van der Waals surface area contributed by atoms with Crippen molar-refractivity contribution in [3.8, 4) is 11.4 Å². The van der Waals surface area contributed by atoms with Crippen molar-refractivity contribution in [1.29, 1.82) is 0 Å². The number of nitrogens with zero attached hydrogens (tertiary/aromatic N) is 6. The van der Waals surface area contributed by atoms with Crippen LogP contribution in [0.2, 0.25) is 5.02 Å². The van der Waals surface area contributed by atoms with Crippen molar-refractivity contribution in [2.75, 3.05) is 11.1 Å². The fourth-order valence-corrected chi connectivity index (χ4v) is 3.48. The summed E-state index contributed by atoms with van der Waals surface area (Å²) in [5.41, 5.74) is 2.40. The fraction of sp³-hybridized carbons (Fsp3) is 0.0556. The summed E-state index contributed by atoms with van der Waals surface area (Å²) in [6, 6.07) is 14.7. The Morgan fingerprint density at radius 2 is 2.00 bits per heavy atom. The van der Waals surface area contributed by atoms with Gasteiger partial charge in [0.15, 0.2) is 5.16 Å². The van der Waals surface area contributed by atoms with Crippen LogP contribution in [0.4, 0.5) is 5.69 Å². The average Bonchev–Trinajstić information content (AvgIpc) is 3.39. The molecule has 1 N–H and O–H groups in total. The maximum atomic E-state index is 12.3. The number of hydrogen-bond acceptors (Lipinski definition) is 6. The highest BCUT2D eigenvalue weighted by Crippen LogP contribution is 2.22. The maximum absolute atomic E-state index is 12.3. The van der Waals surface area contributed by atoms with Gasteiger partial charge in [-0.25, -0.2) is 9.67 Å². The molecule has 0 saturated carbocycles. The van der Waals surface area contributed by atoms with Gasteiger partial charge in [0, 0.05) is 28.8 Å². The zero-order valence-corrected chi connectivity index (χ0v) is 16.0. The predicted molar refractivity (Wildman–Crippen MR) is 107 cm³/mol. The Morgan fingerprint density at radius 1 is 1.14 bits per heavy atom. The molecular formula is C18H14ClN7OS. The number of rotatable bonds is 6. The molecule has 0 aliphatic carbocycles. The zero-order chi connectivity index (χ0) is 19.3. The van der Waals surface area contributed by atoms with Crippen molar-refractivity contribution in [1.82, 2.24) is 29.8 Å². The van der Waals surface area contributed by atoms with Crippen LogP contribution in [0.25, 0.3) is 11.4 Å². The summed E-state index contributed by atoms with van der Waals surface area (Å²) in [6.07, 6.45) is 5.04. The van der Waals surface area contributed by atoms with Gasteiger partial charge < -0.3 is 5.32 Å². The Morgan fingerprint density at radius 3 is 2.75 bits per heavy atom. The van der Waals surface area contributed by atoms with Gasteiger partial charge in [0.05, 0.1) is 11.4 Å². The number of aromatic nitrogens is 6. The number of hydrogen-bond donors (Lipinski definition) is 1. The number of carbonyl (C=O) groups excluding carboxylic acids is 1. The number of thioether (sulfide) groups is 1. The molecule has 4 rings (SSSR count). The molecule has 0 radical (unpaired) electrons. The molecule has 0 atom stereocenters. The third-order valence-corrected chi connectivity index (χ3v) is 4.99. The Balaban J connectivity index is 1.37. The van der Waals surface area contributed by atoms with Crippen LogP contribution in [-0.2, 0) is 4.79 Å². The normalized spacial score (nSPS) is 10.8. The summed E-state index contributed by atoms with van der Waals surface area (Å²) in [5, 5.41) is 15.2. The van der Waals surface area contributed by atoms with Gasteiger partial charge in [-0.05, 0) is 52.9 Å². The molecule has 0 aliphatic heterocycles. The van der Waals surface area contributed by atoms with E-state index in [0.29, 0.717) is 15.9 Å². The zero-order valence-electron chi connectivity index (χ0n) is 14.4. The minimum atomic E-state index is -0.124. The first-order valence-electron chi connectivity index (χ1n) is 8.24. The molecule has 28 heavy (non-hydrogen) atoms. The van der Waals surface area contributed by atoms with Crippen LogP contribution in [0.1, 0.15) is 0 Å². The monoisotopic (exact) mass is 411 g/mol. The van der Waals surface area contributed by atoms with Gasteiger partial charge in [0.1, 0.15) is 6.33 Å². The van der Waals surface area contributed by atoms with E-state index in [0.717, 1.165) is 11.4 Å². The van der Waals surface area contributed by atoms with Gasteiger partial charge >= 0.3 is 0 Å². The van der Waals surface area contributed by atoms with Crippen LogP contribution in [0, 0.1) is 0 Å². The molecular weight excluding hydrogens is 398 g/mol. The third-order valence-electron chi connectivity index (χ3n) is 3.79. The SMILES string of the molecule is O=C(CSc1nccn1-c1cccc(Cl)c1)Nc1ccc(-n2cnnn2)cc1. The number of carbonyl (C=O) groups is 1. The number of nitrogens with one attached hydrogen (secondary N) is 1. The number of anilines is 1. The number of amides is 1. The Bertz CT molecular complexity index is 1080. The molecule has 10 heteroatoms. The van der Waals surface area contributed by atoms with Crippen LogP contribution in [0.5, 0.6) is 0 Å². The second-order valence-corrected chi connectivity index (χ2v) is 7.08. The number of imidazole rings is 1. The Labute approximate surface area is 169 Å². The first-order chi connectivity index (χ1) is 13.7. The van der Waals surface area contributed by atoms with Gasteiger partial charge in [-0.2, -0.15) is 0 Å². The van der Waals surface area contributed by atoms with E-state index < -0.39 is 0 Å². The lowest BCUT2D eigenvalue weighted by Crippen LogP contribution is -2.14. The lowest BCUT2D eigenvalue weighted by Gasteiger charge is -2.09. The van der Waals surface area contributed by atoms with Gasteiger partial charge in [-0.3, -0.25) is 9.36 Å². The highest BCUT2D eigenvalue weighted by molar-refractivity contribution is 7.99. The highest BCUT2D eigenvalue weighted by Gasteiger charge is 2.10. The summed E-state index contributed by atoms with van der Waals surface area (Å²) < 4.78 is 3.43. The minimum absolute atomic E-state index is 0.124. The molecule has 140 valence electrons. The van der Waals surface area contributed by atoms with E-state index in [-0.39, 0.29) is 11.7 Å². The van der Waals surface area contributed by atoms with Crippen LogP contribution in [0.15, 0.2) is 72.4 Å². The van der Waals surface area contributed by atoms with Crippen molar-refractivity contribution in [2.24, 2.45) is 0 Å². The molecule has 2 heterocycles. The highest BCUT2D eigenvalue weighted by atomic mass is 35.5. The van der Waals surface area contributed by atoms with Gasteiger partial charge in [0.25, 0.3) is 0 Å². The Kier molecular flexibility index (Phi) is 5.36. The van der Waals surface area contributed by atoms with Gasteiger partial charge in [0.2, 0.25) is 5.91 Å². The summed E-state index contributed by atoms with van der Waals surface area (Å²) >= 11 is 7.41. The standard InChI is InChI=1S/C18H14ClN7OS/c19-13-2-1-3-16(10-13)25-9-8-20-18(25)28-11-17(27)22-14-4-6-15(7-5-14)26-12-21-23-24-26/h1-10,12H,11H2,(H,22,27). The summed E-state index contributed by atoms with van der Waals surface area (Å²) in [5.74, 6) is 0.104. The number of halogens is 1. The molecule has 2 aromatic heterocycles. The van der Waals surface area contributed by atoms with E-state index in [9.17, 15) is 4.79 Å². The predicted octanol–water partition coefficient (Wildman–Crippen LogP) is 3.23. The first-order valence-corrected chi connectivity index (χ1v) is 9.61. The second kappa shape index (κ2) is 8.24. The van der Waals surface area contributed by atoms with E-state index >= 15 is 0 Å². The average molecular weight is 412 g/mol. The molecule has 0 aliphatic rings. The summed E-state index contributed by atoms with van der Waals surface area (Å²) in [7, 11) is 0. The van der Waals surface area contributed by atoms with Crippen LogP contribution >= 0.6 is 23.4 Å². The fourth-order valence-electron chi connectivity index (χ4n) is 2.52. The smallest absolute Gasteiger partial charge is 0.234 e. The van der Waals surface area contributed by atoms with Crippen molar-refractivity contribution in [2.45, 2.75) is 5.16 Å². The molecule has 0 saturated heterocycles. The molecule has 4 aromatic rings. The summed E-state index contributed by atoms with van der Waals surface area (Å²) in [6.45, 7) is 0. The van der Waals surface area contributed by atoms with Crippen LogP contribution < -0.4 is 5.32 Å². The summed E-state index contributed by atoms with van der Waals surface area (Å²) in [4.78, 5) is 16.6. The van der Waals surface area contributed by atoms with E-state index in [2.05, 4.69) is 25.8 Å². The molecule has 8 nitrogen and oxygen atoms in total. The molecule has 1 amide bonds.